The average molecular weight is 369 g/mol. The Morgan fingerprint density at radius 3 is 2.42 bits per heavy atom. The molecule has 1 heterocycles. The van der Waals surface area contributed by atoms with Crippen LogP contribution in [0.2, 0.25) is 0 Å². The SMILES string of the molecule is CCOC(=O)c1ccc(C(F)(F)F)nc1NNC(=O)CS(C)(=O)=O. The number of hydrogen-bond acceptors (Lipinski definition) is 7. The molecule has 0 aromatic carbocycles. The quantitative estimate of drug-likeness (QED) is 0.562. The molecule has 0 saturated heterocycles. The molecule has 1 rings (SSSR count). The predicted octanol–water partition coefficient (Wildman–Crippen LogP) is 0.765. The van der Waals surface area contributed by atoms with E-state index in [1.807, 2.05) is 10.9 Å². The Hall–Kier alpha value is -2.37. The molecule has 0 fully saturated rings. The van der Waals surface area contributed by atoms with Crippen molar-refractivity contribution in [2.45, 2.75) is 13.1 Å². The number of pyridine rings is 1. The number of nitrogens with zero attached hydrogens (tertiary/aromatic N) is 1. The molecule has 0 bridgehead atoms. The number of carbonyl (C=O) groups excluding carboxylic acids is 2. The molecule has 24 heavy (non-hydrogen) atoms. The lowest BCUT2D eigenvalue weighted by molar-refractivity contribution is -0.141. The summed E-state index contributed by atoms with van der Waals surface area (Å²) in [7, 11) is -3.64. The van der Waals surface area contributed by atoms with E-state index < -0.39 is 45.2 Å². The first-order valence-electron chi connectivity index (χ1n) is 6.42. The maximum atomic E-state index is 12.7. The number of rotatable bonds is 6. The van der Waals surface area contributed by atoms with Crippen LogP contribution in [-0.4, -0.2) is 43.9 Å². The number of hydrazine groups is 1. The minimum absolute atomic E-state index is 0.0280. The Balaban J connectivity index is 3.07. The summed E-state index contributed by atoms with van der Waals surface area (Å²) in [5.41, 5.74) is 2.21. The number of halogens is 3. The zero-order valence-corrected chi connectivity index (χ0v) is 13.4. The van der Waals surface area contributed by atoms with Crippen LogP contribution >= 0.6 is 0 Å². The van der Waals surface area contributed by atoms with Crippen LogP contribution < -0.4 is 10.9 Å². The van der Waals surface area contributed by atoms with E-state index in [0.29, 0.717) is 6.07 Å². The van der Waals surface area contributed by atoms with Crippen LogP contribution in [0, 0.1) is 0 Å². The molecule has 0 aliphatic carbocycles. The monoisotopic (exact) mass is 369 g/mol. The standard InChI is InChI=1S/C12H14F3N3O5S/c1-3-23-11(20)7-4-5-8(12(13,14)15)16-10(7)18-17-9(19)6-24(2,21)22/h4-5H,3,6H2,1-2H3,(H,16,18)(H,17,19). The Morgan fingerprint density at radius 2 is 1.92 bits per heavy atom. The van der Waals surface area contributed by atoms with Crippen LogP contribution in [0.1, 0.15) is 23.0 Å². The van der Waals surface area contributed by atoms with Gasteiger partial charge >= 0.3 is 12.1 Å². The van der Waals surface area contributed by atoms with Crippen molar-refractivity contribution >= 4 is 27.5 Å². The van der Waals surface area contributed by atoms with Gasteiger partial charge in [0.25, 0.3) is 5.91 Å². The van der Waals surface area contributed by atoms with Gasteiger partial charge in [-0.3, -0.25) is 15.6 Å². The van der Waals surface area contributed by atoms with Crippen LogP contribution in [0.3, 0.4) is 0 Å². The van der Waals surface area contributed by atoms with Crippen LogP contribution in [0.25, 0.3) is 0 Å². The highest BCUT2D eigenvalue weighted by molar-refractivity contribution is 7.91. The molecule has 0 aliphatic rings. The molecule has 1 aromatic rings. The van der Waals surface area contributed by atoms with Crippen molar-refractivity contribution in [2.75, 3.05) is 24.0 Å². The van der Waals surface area contributed by atoms with E-state index in [2.05, 4.69) is 9.72 Å². The zero-order valence-electron chi connectivity index (χ0n) is 12.6. The molecule has 134 valence electrons. The third kappa shape index (κ3) is 6.02. The van der Waals surface area contributed by atoms with Crippen molar-refractivity contribution < 1.29 is 35.9 Å². The minimum Gasteiger partial charge on any atom is -0.462 e. The molecule has 1 aromatic heterocycles. The molecule has 0 unspecified atom stereocenters. The molecule has 0 saturated carbocycles. The maximum Gasteiger partial charge on any atom is 0.433 e. The molecule has 0 aliphatic heterocycles. The summed E-state index contributed by atoms with van der Waals surface area (Å²) in [5.74, 6) is -3.51. The van der Waals surface area contributed by atoms with Crippen molar-refractivity contribution in [1.29, 1.82) is 0 Å². The third-order valence-corrected chi connectivity index (χ3v) is 3.18. The fourth-order valence-electron chi connectivity index (χ4n) is 1.49. The first-order chi connectivity index (χ1) is 10.9. The minimum atomic E-state index is -4.78. The van der Waals surface area contributed by atoms with Gasteiger partial charge in [0.15, 0.2) is 15.7 Å². The largest absolute Gasteiger partial charge is 0.462 e. The van der Waals surface area contributed by atoms with Gasteiger partial charge in [0.2, 0.25) is 0 Å². The lowest BCUT2D eigenvalue weighted by Crippen LogP contribution is -2.35. The first kappa shape index (κ1) is 19.7. The number of amides is 1. The number of alkyl halides is 3. The lowest BCUT2D eigenvalue weighted by atomic mass is 10.2. The Labute approximate surface area is 135 Å². The van der Waals surface area contributed by atoms with E-state index in [0.717, 1.165) is 12.3 Å². The predicted molar refractivity (Wildman–Crippen MR) is 76.7 cm³/mol. The van der Waals surface area contributed by atoms with Gasteiger partial charge in [-0.25, -0.2) is 18.2 Å². The highest BCUT2D eigenvalue weighted by Crippen LogP contribution is 2.29. The Morgan fingerprint density at radius 1 is 1.29 bits per heavy atom. The summed E-state index contributed by atoms with van der Waals surface area (Å²) in [6.07, 6.45) is -3.97. The summed E-state index contributed by atoms with van der Waals surface area (Å²) >= 11 is 0. The number of nitrogens with one attached hydrogen (secondary N) is 2. The third-order valence-electron chi connectivity index (χ3n) is 2.39. The second kappa shape index (κ2) is 7.47. The zero-order chi connectivity index (χ0) is 18.5. The van der Waals surface area contributed by atoms with Crippen LogP contribution in [0.5, 0.6) is 0 Å². The number of esters is 1. The highest BCUT2D eigenvalue weighted by Gasteiger charge is 2.33. The second-order valence-corrected chi connectivity index (χ2v) is 6.69. The van der Waals surface area contributed by atoms with E-state index in [4.69, 9.17) is 0 Å². The van der Waals surface area contributed by atoms with Crippen LogP contribution in [-0.2, 0) is 25.5 Å². The van der Waals surface area contributed by atoms with Gasteiger partial charge in [-0.05, 0) is 19.1 Å². The Kier molecular flexibility index (Phi) is 6.12. The highest BCUT2D eigenvalue weighted by atomic mass is 32.2. The van der Waals surface area contributed by atoms with Crippen molar-refractivity contribution in [3.05, 3.63) is 23.4 Å². The van der Waals surface area contributed by atoms with Gasteiger partial charge in [0.05, 0.1) is 6.61 Å². The van der Waals surface area contributed by atoms with Gasteiger partial charge in [0.1, 0.15) is 17.0 Å². The first-order valence-corrected chi connectivity index (χ1v) is 8.48. The molecule has 1 amide bonds. The summed E-state index contributed by atoms with van der Waals surface area (Å²) in [4.78, 5) is 26.3. The number of ether oxygens (including phenoxy) is 1. The van der Waals surface area contributed by atoms with E-state index in [1.165, 1.54) is 6.92 Å². The molecule has 8 nitrogen and oxygen atoms in total. The molecule has 2 N–H and O–H groups in total. The van der Waals surface area contributed by atoms with Crippen LogP contribution in [0.15, 0.2) is 12.1 Å². The van der Waals surface area contributed by atoms with Crippen molar-refractivity contribution in [3.8, 4) is 0 Å². The summed E-state index contributed by atoms with van der Waals surface area (Å²) in [6.45, 7) is 1.47. The normalized spacial score (nSPS) is 11.7. The molecule has 12 heteroatoms. The van der Waals surface area contributed by atoms with Gasteiger partial charge in [-0.15, -0.1) is 0 Å². The van der Waals surface area contributed by atoms with Gasteiger partial charge < -0.3 is 4.74 Å². The van der Waals surface area contributed by atoms with Gasteiger partial charge in [-0.1, -0.05) is 0 Å². The summed E-state index contributed by atoms with van der Waals surface area (Å²) < 4.78 is 64.7. The molecular weight excluding hydrogens is 355 g/mol. The average Bonchev–Trinajstić information content (AvgIpc) is 2.42. The van der Waals surface area contributed by atoms with E-state index in [9.17, 15) is 31.2 Å². The molecule has 0 radical (unpaired) electrons. The van der Waals surface area contributed by atoms with Crippen molar-refractivity contribution in [2.24, 2.45) is 0 Å². The van der Waals surface area contributed by atoms with Crippen molar-refractivity contribution in [1.82, 2.24) is 10.4 Å². The molecular formula is C12H14F3N3O5S. The van der Waals surface area contributed by atoms with E-state index >= 15 is 0 Å². The number of anilines is 1. The van der Waals surface area contributed by atoms with E-state index in [1.54, 1.807) is 0 Å². The number of carbonyl (C=O) groups is 2. The fourth-order valence-corrected chi connectivity index (χ4v) is 2.04. The van der Waals surface area contributed by atoms with Gasteiger partial charge in [0, 0.05) is 6.26 Å². The number of hydrogen-bond donors (Lipinski definition) is 2. The smallest absolute Gasteiger partial charge is 0.433 e. The summed E-state index contributed by atoms with van der Waals surface area (Å²) in [5, 5.41) is 0. The Bertz CT molecular complexity index is 734. The van der Waals surface area contributed by atoms with E-state index in [-0.39, 0.29) is 12.2 Å². The second-order valence-electron chi connectivity index (χ2n) is 4.55. The number of sulfone groups is 1. The maximum absolute atomic E-state index is 12.7. The summed E-state index contributed by atoms with van der Waals surface area (Å²) in [6, 6.07) is 1.41. The lowest BCUT2D eigenvalue weighted by Gasteiger charge is -2.14. The van der Waals surface area contributed by atoms with Gasteiger partial charge in [-0.2, -0.15) is 13.2 Å². The number of aromatic nitrogens is 1. The fraction of sp³-hybridized carbons (Fsp3) is 0.417. The van der Waals surface area contributed by atoms with Crippen molar-refractivity contribution in [3.63, 3.8) is 0 Å². The van der Waals surface area contributed by atoms with Crippen LogP contribution in [0.4, 0.5) is 19.0 Å². The topological polar surface area (TPSA) is 114 Å². The molecule has 0 spiro atoms. The molecule has 0 atom stereocenters.